The summed E-state index contributed by atoms with van der Waals surface area (Å²) in [7, 11) is 0. The lowest BCUT2D eigenvalue weighted by Crippen LogP contribution is -2.31. The Bertz CT molecular complexity index is 158. The van der Waals surface area contributed by atoms with Crippen LogP contribution in [-0.4, -0.2) is 34.0 Å². The summed E-state index contributed by atoms with van der Waals surface area (Å²) >= 11 is 0. The Balaban J connectivity index is 0.000001000. The number of rotatable bonds is 2. The molecule has 3 N–H and O–H groups in total. The summed E-state index contributed by atoms with van der Waals surface area (Å²) in [4.78, 5) is 12.2. The molecule has 1 rings (SSSR count). The fourth-order valence-electron chi connectivity index (χ4n) is 1.27. The van der Waals surface area contributed by atoms with E-state index in [2.05, 4.69) is 6.58 Å². The van der Waals surface area contributed by atoms with Crippen LogP contribution >= 0.6 is 0 Å². The van der Waals surface area contributed by atoms with E-state index in [4.69, 9.17) is 5.11 Å². The van der Waals surface area contributed by atoms with E-state index < -0.39 is 5.97 Å². The van der Waals surface area contributed by atoms with E-state index in [0.29, 0.717) is 0 Å². The van der Waals surface area contributed by atoms with Gasteiger partial charge in [0.25, 0.3) is 0 Å². The summed E-state index contributed by atoms with van der Waals surface area (Å²) in [5, 5.41) is 8.63. The summed E-state index contributed by atoms with van der Waals surface area (Å²) in [6.07, 6.45) is 3.32. The molecule has 0 aromatic rings. The molecule has 0 aromatic carbocycles. The normalized spacial score (nSPS) is 22.5. The second kappa shape index (κ2) is 3.98. The molecule has 11 heavy (non-hydrogen) atoms. The minimum absolute atomic E-state index is 0. The monoisotopic (exact) mass is 159 g/mol. The van der Waals surface area contributed by atoms with E-state index in [1.165, 1.54) is 0 Å². The Kier molecular flexibility index (Phi) is 3.60. The zero-order valence-electron chi connectivity index (χ0n) is 6.29. The molecule has 1 heterocycles. The van der Waals surface area contributed by atoms with E-state index in [-0.39, 0.29) is 11.5 Å². The van der Waals surface area contributed by atoms with Gasteiger partial charge in [0.05, 0.1) is 0 Å². The number of hydrogen-bond acceptors (Lipinski definition) is 2. The lowest BCUT2D eigenvalue weighted by Gasteiger charge is -2.17. The number of carboxylic acid groups (broad SMARTS) is 1. The maximum atomic E-state index is 10.5. The summed E-state index contributed by atoms with van der Waals surface area (Å²) in [6, 6.07) is -0.322. The van der Waals surface area contributed by atoms with Crippen molar-refractivity contribution in [2.45, 2.75) is 18.9 Å². The molecule has 1 saturated heterocycles. The van der Waals surface area contributed by atoms with Crippen LogP contribution in [0.25, 0.3) is 0 Å². The fourth-order valence-corrected chi connectivity index (χ4v) is 1.27. The molecular weight excluding hydrogens is 146 g/mol. The van der Waals surface area contributed by atoms with Gasteiger partial charge in [0.2, 0.25) is 0 Å². The molecule has 0 radical (unpaired) electrons. The van der Waals surface area contributed by atoms with Crippen molar-refractivity contribution >= 4 is 5.97 Å². The van der Waals surface area contributed by atoms with Gasteiger partial charge < -0.3 is 15.5 Å². The first kappa shape index (κ1) is 9.97. The van der Waals surface area contributed by atoms with E-state index >= 15 is 0 Å². The molecule has 0 aliphatic carbocycles. The van der Waals surface area contributed by atoms with Crippen molar-refractivity contribution in [1.82, 2.24) is 4.90 Å². The van der Waals surface area contributed by atoms with E-state index in [9.17, 15) is 4.79 Å². The number of carbonyl (C=O) groups is 1. The van der Waals surface area contributed by atoms with Crippen LogP contribution in [0.15, 0.2) is 12.8 Å². The standard InChI is InChI=1S/C7H11NO2.H2O/c1-2-8-5-3-4-6(8)7(9)10;/h2,6H,1,3-5H2,(H,9,10);1H2. The molecule has 1 aliphatic heterocycles. The van der Waals surface area contributed by atoms with Crippen LogP contribution in [-0.2, 0) is 4.79 Å². The molecule has 4 heteroatoms. The zero-order valence-corrected chi connectivity index (χ0v) is 6.29. The van der Waals surface area contributed by atoms with Crippen LogP contribution < -0.4 is 0 Å². The lowest BCUT2D eigenvalue weighted by atomic mass is 10.2. The Morgan fingerprint density at radius 3 is 2.73 bits per heavy atom. The molecule has 1 fully saturated rings. The smallest absolute Gasteiger partial charge is 0.326 e. The number of hydrogen-bond donors (Lipinski definition) is 1. The second-order valence-electron chi connectivity index (χ2n) is 2.42. The third kappa shape index (κ3) is 1.94. The highest BCUT2D eigenvalue weighted by molar-refractivity contribution is 5.73. The minimum atomic E-state index is -0.739. The topological polar surface area (TPSA) is 72.0 Å². The fraction of sp³-hybridized carbons (Fsp3) is 0.571. The maximum absolute atomic E-state index is 10.5. The number of aliphatic carboxylic acids is 1. The molecule has 1 atom stereocenters. The Morgan fingerprint density at radius 2 is 2.36 bits per heavy atom. The predicted octanol–water partition coefficient (Wildman–Crippen LogP) is -0.146. The van der Waals surface area contributed by atoms with Gasteiger partial charge in [-0.1, -0.05) is 6.58 Å². The molecular formula is C7H13NO3. The van der Waals surface area contributed by atoms with Gasteiger partial charge in [-0.05, 0) is 19.0 Å². The zero-order chi connectivity index (χ0) is 7.56. The largest absolute Gasteiger partial charge is 0.480 e. The summed E-state index contributed by atoms with van der Waals surface area (Å²) in [6.45, 7) is 4.37. The highest BCUT2D eigenvalue weighted by atomic mass is 16.4. The Labute approximate surface area is 65.4 Å². The first-order chi connectivity index (χ1) is 4.75. The van der Waals surface area contributed by atoms with Crippen LogP contribution in [0.3, 0.4) is 0 Å². The van der Waals surface area contributed by atoms with Crippen molar-refractivity contribution < 1.29 is 15.4 Å². The second-order valence-corrected chi connectivity index (χ2v) is 2.42. The number of likely N-dealkylation sites (tertiary alicyclic amines) is 1. The van der Waals surface area contributed by atoms with Crippen molar-refractivity contribution in [3.8, 4) is 0 Å². The molecule has 64 valence electrons. The highest BCUT2D eigenvalue weighted by Crippen LogP contribution is 2.16. The SMILES string of the molecule is C=CN1CCCC1C(=O)O.O. The molecule has 0 saturated carbocycles. The summed E-state index contributed by atoms with van der Waals surface area (Å²) < 4.78 is 0. The maximum Gasteiger partial charge on any atom is 0.326 e. The first-order valence-corrected chi connectivity index (χ1v) is 3.37. The van der Waals surface area contributed by atoms with Crippen molar-refractivity contribution in [1.29, 1.82) is 0 Å². The molecule has 4 nitrogen and oxygen atoms in total. The number of nitrogens with zero attached hydrogens (tertiary/aromatic N) is 1. The molecule has 1 unspecified atom stereocenters. The highest BCUT2D eigenvalue weighted by Gasteiger charge is 2.27. The van der Waals surface area contributed by atoms with Crippen LogP contribution in [0.2, 0.25) is 0 Å². The quantitative estimate of drug-likeness (QED) is 0.609. The molecule has 0 amide bonds. The molecule has 1 aliphatic rings. The van der Waals surface area contributed by atoms with Gasteiger partial charge >= 0.3 is 5.97 Å². The predicted molar refractivity (Wildman–Crippen MR) is 41.2 cm³/mol. The molecule has 0 spiro atoms. The Morgan fingerprint density at radius 1 is 1.73 bits per heavy atom. The van der Waals surface area contributed by atoms with Gasteiger partial charge in [-0.25, -0.2) is 4.79 Å². The van der Waals surface area contributed by atoms with Crippen molar-refractivity contribution in [2.75, 3.05) is 6.54 Å². The molecule has 0 aromatic heterocycles. The molecule has 0 bridgehead atoms. The van der Waals surface area contributed by atoms with Crippen molar-refractivity contribution in [3.05, 3.63) is 12.8 Å². The van der Waals surface area contributed by atoms with Gasteiger partial charge in [-0.15, -0.1) is 0 Å². The van der Waals surface area contributed by atoms with E-state index in [1.54, 1.807) is 11.1 Å². The van der Waals surface area contributed by atoms with Crippen LogP contribution in [0, 0.1) is 0 Å². The summed E-state index contributed by atoms with van der Waals surface area (Å²) in [5.74, 6) is -0.739. The van der Waals surface area contributed by atoms with Crippen LogP contribution in [0.1, 0.15) is 12.8 Å². The number of carboxylic acids is 1. The third-order valence-electron chi connectivity index (χ3n) is 1.81. The van der Waals surface area contributed by atoms with Crippen molar-refractivity contribution in [2.24, 2.45) is 0 Å². The van der Waals surface area contributed by atoms with Gasteiger partial charge in [0.1, 0.15) is 6.04 Å². The third-order valence-corrected chi connectivity index (χ3v) is 1.81. The Hall–Kier alpha value is -1.03. The van der Waals surface area contributed by atoms with E-state index in [1.807, 2.05) is 0 Å². The van der Waals surface area contributed by atoms with Crippen molar-refractivity contribution in [3.63, 3.8) is 0 Å². The van der Waals surface area contributed by atoms with Gasteiger partial charge in [-0.3, -0.25) is 0 Å². The lowest BCUT2D eigenvalue weighted by molar-refractivity contribution is -0.141. The van der Waals surface area contributed by atoms with Crippen LogP contribution in [0.5, 0.6) is 0 Å². The average molecular weight is 159 g/mol. The van der Waals surface area contributed by atoms with Gasteiger partial charge in [-0.2, -0.15) is 0 Å². The van der Waals surface area contributed by atoms with Gasteiger partial charge in [0, 0.05) is 6.54 Å². The summed E-state index contributed by atoms with van der Waals surface area (Å²) in [5.41, 5.74) is 0. The first-order valence-electron chi connectivity index (χ1n) is 3.37. The van der Waals surface area contributed by atoms with Gasteiger partial charge in [0.15, 0.2) is 0 Å². The minimum Gasteiger partial charge on any atom is -0.480 e. The van der Waals surface area contributed by atoms with E-state index in [0.717, 1.165) is 19.4 Å². The average Bonchev–Trinajstić information content (AvgIpc) is 2.33. The van der Waals surface area contributed by atoms with Crippen LogP contribution in [0.4, 0.5) is 0 Å².